The fourth-order valence-corrected chi connectivity index (χ4v) is 4.29. The van der Waals surface area contributed by atoms with Crippen LogP contribution in [0.3, 0.4) is 0 Å². The van der Waals surface area contributed by atoms with E-state index in [0.29, 0.717) is 16.8 Å². The van der Waals surface area contributed by atoms with Crippen molar-refractivity contribution in [2.45, 2.75) is 36.8 Å². The molecule has 0 spiro atoms. The van der Waals surface area contributed by atoms with Gasteiger partial charge in [-0.25, -0.2) is 0 Å². The van der Waals surface area contributed by atoms with Crippen LogP contribution >= 0.6 is 24.0 Å². The molecule has 1 unspecified atom stereocenters. The molecular weight excluding hydrogens is 450 g/mol. The number of benzene rings is 3. The van der Waals surface area contributed by atoms with E-state index in [9.17, 15) is 4.79 Å². The molecule has 0 bridgehead atoms. The van der Waals surface area contributed by atoms with E-state index < -0.39 is 0 Å². The van der Waals surface area contributed by atoms with Crippen LogP contribution in [0.5, 0.6) is 5.75 Å². The predicted molar refractivity (Wildman–Crippen MR) is 144 cm³/mol. The second-order valence-electron chi connectivity index (χ2n) is 7.83. The molecular formula is C26H29N3O2S2. The highest BCUT2D eigenvalue weighted by Gasteiger charge is 2.15. The maximum absolute atomic E-state index is 12.7. The normalized spacial score (nSPS) is 11.5. The highest BCUT2D eigenvalue weighted by atomic mass is 32.2. The van der Waals surface area contributed by atoms with E-state index in [2.05, 4.69) is 41.9 Å². The Morgan fingerprint density at radius 1 is 0.879 bits per heavy atom. The van der Waals surface area contributed by atoms with Gasteiger partial charge in [0.1, 0.15) is 5.75 Å². The number of ether oxygens (including phenoxy) is 1. The van der Waals surface area contributed by atoms with Crippen molar-refractivity contribution >= 4 is 52.1 Å². The Bertz CT molecular complexity index is 1100. The molecule has 0 radical (unpaired) electrons. The van der Waals surface area contributed by atoms with Gasteiger partial charge in [0.2, 0.25) is 5.91 Å². The van der Waals surface area contributed by atoms with E-state index in [0.717, 1.165) is 22.0 Å². The topological polar surface area (TPSA) is 62.4 Å². The summed E-state index contributed by atoms with van der Waals surface area (Å²) in [4.78, 5) is 13.6. The van der Waals surface area contributed by atoms with Crippen molar-refractivity contribution in [1.82, 2.24) is 0 Å². The van der Waals surface area contributed by atoms with Gasteiger partial charge in [-0.1, -0.05) is 44.2 Å². The van der Waals surface area contributed by atoms with Crippen molar-refractivity contribution in [3.63, 3.8) is 0 Å². The molecule has 0 heterocycles. The fraction of sp³-hybridized carbons (Fsp3) is 0.231. The lowest BCUT2D eigenvalue weighted by atomic mass is 10.0. The highest BCUT2D eigenvalue weighted by Crippen LogP contribution is 2.28. The van der Waals surface area contributed by atoms with Gasteiger partial charge in [-0.2, -0.15) is 0 Å². The lowest BCUT2D eigenvalue weighted by Crippen LogP contribution is -2.22. The molecule has 7 heteroatoms. The average Bonchev–Trinajstić information content (AvgIpc) is 2.80. The van der Waals surface area contributed by atoms with Gasteiger partial charge in [-0.05, 0) is 73.1 Å². The first-order valence-corrected chi connectivity index (χ1v) is 12.0. The molecule has 33 heavy (non-hydrogen) atoms. The third-order valence-corrected chi connectivity index (χ3v) is 6.27. The van der Waals surface area contributed by atoms with Crippen molar-refractivity contribution in [2.75, 3.05) is 23.1 Å². The Balaban J connectivity index is 1.57. The van der Waals surface area contributed by atoms with Crippen LogP contribution in [0.2, 0.25) is 0 Å². The molecule has 3 N–H and O–H groups in total. The molecule has 0 aliphatic heterocycles. The smallest absolute Gasteiger partial charge is 0.237 e. The number of thiocarbonyl (C=S) groups is 1. The van der Waals surface area contributed by atoms with E-state index in [4.69, 9.17) is 17.0 Å². The Hall–Kier alpha value is -3.03. The zero-order chi connectivity index (χ0) is 23.8. The quantitative estimate of drug-likeness (QED) is 0.245. The number of para-hydroxylation sites is 2. The molecule has 0 aliphatic carbocycles. The van der Waals surface area contributed by atoms with Gasteiger partial charge in [0.25, 0.3) is 0 Å². The summed E-state index contributed by atoms with van der Waals surface area (Å²) in [5.74, 6) is 1.14. The van der Waals surface area contributed by atoms with Crippen LogP contribution in [0.4, 0.5) is 17.1 Å². The summed E-state index contributed by atoms with van der Waals surface area (Å²) in [6.45, 7) is 6.20. The number of hydrogen-bond donors (Lipinski definition) is 3. The number of methoxy groups -OCH3 is 1. The maximum atomic E-state index is 12.7. The van der Waals surface area contributed by atoms with Gasteiger partial charge in [0.05, 0.1) is 18.0 Å². The molecule has 3 rings (SSSR count). The molecule has 0 saturated carbocycles. The van der Waals surface area contributed by atoms with E-state index in [1.807, 2.05) is 67.6 Å². The van der Waals surface area contributed by atoms with Crippen LogP contribution in [0.25, 0.3) is 0 Å². The minimum absolute atomic E-state index is 0.0379. The van der Waals surface area contributed by atoms with E-state index in [-0.39, 0.29) is 11.2 Å². The number of amides is 1. The lowest BCUT2D eigenvalue weighted by molar-refractivity contribution is -0.115. The van der Waals surface area contributed by atoms with Crippen molar-refractivity contribution in [2.24, 2.45) is 0 Å². The second-order valence-corrected chi connectivity index (χ2v) is 9.66. The van der Waals surface area contributed by atoms with Gasteiger partial charge in [0, 0.05) is 16.3 Å². The largest absolute Gasteiger partial charge is 0.495 e. The minimum Gasteiger partial charge on any atom is -0.495 e. The monoisotopic (exact) mass is 479 g/mol. The molecule has 0 fully saturated rings. The highest BCUT2D eigenvalue weighted by molar-refractivity contribution is 8.00. The molecule has 3 aromatic carbocycles. The molecule has 3 aromatic rings. The minimum atomic E-state index is -0.260. The lowest BCUT2D eigenvalue weighted by Gasteiger charge is -2.15. The Labute approximate surface area is 205 Å². The van der Waals surface area contributed by atoms with Crippen molar-refractivity contribution in [3.8, 4) is 5.75 Å². The zero-order valence-electron chi connectivity index (χ0n) is 19.2. The van der Waals surface area contributed by atoms with Gasteiger partial charge in [-0.3, -0.25) is 4.79 Å². The zero-order valence-corrected chi connectivity index (χ0v) is 20.8. The number of thioether (sulfide) groups is 1. The summed E-state index contributed by atoms with van der Waals surface area (Å²) >= 11 is 6.94. The third-order valence-electron chi connectivity index (χ3n) is 4.97. The molecule has 0 aliphatic rings. The van der Waals surface area contributed by atoms with Crippen molar-refractivity contribution in [1.29, 1.82) is 0 Å². The Kier molecular flexibility index (Phi) is 8.74. The maximum Gasteiger partial charge on any atom is 0.237 e. The third kappa shape index (κ3) is 7.23. The molecule has 1 atom stereocenters. The summed E-state index contributed by atoms with van der Waals surface area (Å²) in [5, 5.41) is 9.53. The van der Waals surface area contributed by atoms with Crippen LogP contribution in [-0.4, -0.2) is 23.4 Å². The van der Waals surface area contributed by atoms with Crippen LogP contribution in [-0.2, 0) is 4.79 Å². The van der Waals surface area contributed by atoms with Crippen LogP contribution < -0.4 is 20.7 Å². The summed E-state index contributed by atoms with van der Waals surface area (Å²) in [7, 11) is 1.62. The molecule has 1 amide bonds. The number of nitrogens with one attached hydrogen (secondary N) is 3. The molecule has 0 saturated heterocycles. The number of rotatable bonds is 8. The number of anilines is 3. The summed E-state index contributed by atoms with van der Waals surface area (Å²) in [6, 6.07) is 23.4. The second kappa shape index (κ2) is 11.7. The summed E-state index contributed by atoms with van der Waals surface area (Å²) in [5.41, 5.74) is 3.68. The van der Waals surface area contributed by atoms with Crippen molar-refractivity contribution < 1.29 is 9.53 Å². The van der Waals surface area contributed by atoms with Crippen molar-refractivity contribution in [3.05, 3.63) is 78.4 Å². The van der Waals surface area contributed by atoms with Gasteiger partial charge in [-0.15, -0.1) is 11.8 Å². The Morgan fingerprint density at radius 2 is 1.61 bits per heavy atom. The predicted octanol–water partition coefficient (Wildman–Crippen LogP) is 6.75. The first kappa shape index (κ1) is 24.6. The average molecular weight is 480 g/mol. The van der Waals surface area contributed by atoms with Gasteiger partial charge >= 0.3 is 0 Å². The summed E-state index contributed by atoms with van der Waals surface area (Å²) in [6.07, 6.45) is 0. The molecule has 5 nitrogen and oxygen atoms in total. The SMILES string of the molecule is COc1ccccc1NC(=S)Nc1cccc(SC(C)C(=O)Nc2ccc(C(C)C)cc2)c1. The first-order valence-electron chi connectivity index (χ1n) is 10.7. The molecule has 172 valence electrons. The first-order chi connectivity index (χ1) is 15.9. The Morgan fingerprint density at radius 3 is 2.30 bits per heavy atom. The van der Waals surface area contributed by atoms with Crippen LogP contribution in [0.15, 0.2) is 77.7 Å². The van der Waals surface area contributed by atoms with Crippen LogP contribution in [0, 0.1) is 0 Å². The number of carbonyl (C=O) groups is 1. The van der Waals surface area contributed by atoms with Crippen LogP contribution in [0.1, 0.15) is 32.3 Å². The standard InChI is InChI=1S/C26H29N3O2S2/c1-17(2)19-12-14-20(15-13-19)27-25(30)18(3)33-22-9-7-8-21(16-22)28-26(32)29-23-10-5-6-11-24(23)31-4/h5-18H,1-4H3,(H,27,30)(H2,28,29,32). The number of hydrogen-bond acceptors (Lipinski definition) is 4. The van der Waals surface area contributed by atoms with E-state index >= 15 is 0 Å². The summed E-state index contributed by atoms with van der Waals surface area (Å²) < 4.78 is 5.35. The van der Waals surface area contributed by atoms with Gasteiger partial charge in [0.15, 0.2) is 5.11 Å². The van der Waals surface area contributed by atoms with E-state index in [1.165, 1.54) is 17.3 Å². The fourth-order valence-electron chi connectivity index (χ4n) is 3.13. The molecule has 0 aromatic heterocycles. The van der Waals surface area contributed by atoms with E-state index in [1.54, 1.807) is 7.11 Å². The number of carbonyl (C=O) groups excluding carboxylic acids is 1. The van der Waals surface area contributed by atoms with Gasteiger partial charge < -0.3 is 20.7 Å².